The highest BCUT2D eigenvalue weighted by molar-refractivity contribution is 5.96. The fourth-order valence-corrected chi connectivity index (χ4v) is 2.40. The lowest BCUT2D eigenvalue weighted by molar-refractivity contribution is 0.0827. The van der Waals surface area contributed by atoms with Gasteiger partial charge in [0, 0.05) is 0 Å². The molecule has 0 fully saturated rings. The Morgan fingerprint density at radius 2 is 1.65 bits per heavy atom. The summed E-state index contributed by atoms with van der Waals surface area (Å²) in [6.07, 6.45) is 1.61. The van der Waals surface area contributed by atoms with E-state index in [2.05, 4.69) is 4.98 Å². The molecule has 1 heterocycles. The van der Waals surface area contributed by atoms with Crippen LogP contribution < -0.4 is 0 Å². The molecule has 0 saturated heterocycles. The number of fused-ring (bicyclic) bond motifs is 1. The summed E-state index contributed by atoms with van der Waals surface area (Å²) >= 11 is 0. The number of hydrogen-bond acceptors (Lipinski definition) is 2. The van der Waals surface area contributed by atoms with Crippen molar-refractivity contribution in [2.45, 2.75) is 19.3 Å². The SMILES string of the molecule is CC(C)(C(=O)n1cnc2ccccc21)c1ccccc1. The zero-order chi connectivity index (χ0) is 14.2. The molecule has 0 spiro atoms. The summed E-state index contributed by atoms with van der Waals surface area (Å²) in [4.78, 5) is 17.2. The molecule has 3 rings (SSSR count). The molecule has 3 aromatic rings. The first-order valence-electron chi connectivity index (χ1n) is 6.63. The molecule has 3 nitrogen and oxygen atoms in total. The van der Waals surface area contributed by atoms with Crippen molar-refractivity contribution in [2.75, 3.05) is 0 Å². The largest absolute Gasteiger partial charge is 0.273 e. The van der Waals surface area contributed by atoms with Crippen LogP contribution in [-0.2, 0) is 5.41 Å². The van der Waals surface area contributed by atoms with Gasteiger partial charge in [-0.2, -0.15) is 0 Å². The Kier molecular flexibility index (Phi) is 2.90. The molecular formula is C17H16N2O. The minimum Gasteiger partial charge on any atom is -0.273 e. The van der Waals surface area contributed by atoms with Crippen molar-refractivity contribution < 1.29 is 4.79 Å². The minimum absolute atomic E-state index is 0.0254. The predicted molar refractivity (Wildman–Crippen MR) is 79.8 cm³/mol. The number of carbonyl (C=O) groups excluding carboxylic acids is 1. The summed E-state index contributed by atoms with van der Waals surface area (Å²) in [6.45, 7) is 3.89. The first-order chi connectivity index (χ1) is 9.60. The summed E-state index contributed by atoms with van der Waals surface area (Å²) in [7, 11) is 0. The van der Waals surface area contributed by atoms with Gasteiger partial charge in [0.2, 0.25) is 5.91 Å². The van der Waals surface area contributed by atoms with Gasteiger partial charge in [-0.1, -0.05) is 42.5 Å². The first kappa shape index (κ1) is 12.6. The number of aromatic nitrogens is 2. The lowest BCUT2D eigenvalue weighted by Gasteiger charge is -2.24. The quantitative estimate of drug-likeness (QED) is 0.708. The van der Waals surface area contributed by atoms with Crippen molar-refractivity contribution in [1.29, 1.82) is 0 Å². The molecule has 0 aliphatic carbocycles. The van der Waals surface area contributed by atoms with E-state index in [-0.39, 0.29) is 5.91 Å². The van der Waals surface area contributed by atoms with Crippen LogP contribution in [0.1, 0.15) is 24.2 Å². The summed E-state index contributed by atoms with van der Waals surface area (Å²) < 4.78 is 1.64. The van der Waals surface area contributed by atoms with E-state index in [9.17, 15) is 4.79 Å². The van der Waals surface area contributed by atoms with Crippen molar-refractivity contribution in [1.82, 2.24) is 9.55 Å². The molecule has 1 aromatic heterocycles. The molecule has 2 aromatic carbocycles. The highest BCUT2D eigenvalue weighted by Gasteiger charge is 2.31. The van der Waals surface area contributed by atoms with E-state index in [1.807, 2.05) is 68.4 Å². The lowest BCUT2D eigenvalue weighted by atomic mass is 9.83. The average Bonchev–Trinajstić information content (AvgIpc) is 2.91. The molecule has 0 N–H and O–H groups in total. The predicted octanol–water partition coefficient (Wildman–Crippen LogP) is 3.65. The van der Waals surface area contributed by atoms with Gasteiger partial charge in [-0.05, 0) is 31.5 Å². The Morgan fingerprint density at radius 1 is 1.00 bits per heavy atom. The van der Waals surface area contributed by atoms with Gasteiger partial charge in [0.15, 0.2) is 0 Å². The van der Waals surface area contributed by atoms with Crippen molar-refractivity contribution >= 4 is 16.9 Å². The third-order valence-electron chi connectivity index (χ3n) is 3.70. The fraction of sp³-hybridized carbons (Fsp3) is 0.176. The van der Waals surface area contributed by atoms with E-state index in [4.69, 9.17) is 0 Å². The average molecular weight is 264 g/mol. The van der Waals surface area contributed by atoms with E-state index >= 15 is 0 Å². The number of carbonyl (C=O) groups is 1. The van der Waals surface area contributed by atoms with Crippen LogP contribution >= 0.6 is 0 Å². The molecule has 0 atom stereocenters. The van der Waals surface area contributed by atoms with Crippen molar-refractivity contribution in [3.63, 3.8) is 0 Å². The van der Waals surface area contributed by atoms with Crippen LogP contribution in [0, 0.1) is 0 Å². The molecule has 100 valence electrons. The fourth-order valence-electron chi connectivity index (χ4n) is 2.40. The van der Waals surface area contributed by atoms with Gasteiger partial charge in [0.25, 0.3) is 0 Å². The Balaban J connectivity index is 2.08. The van der Waals surface area contributed by atoms with Gasteiger partial charge < -0.3 is 0 Å². The van der Waals surface area contributed by atoms with Crippen LogP contribution in [0.15, 0.2) is 60.9 Å². The molecule has 0 aliphatic rings. The summed E-state index contributed by atoms with van der Waals surface area (Å²) in [6, 6.07) is 17.5. The van der Waals surface area contributed by atoms with Gasteiger partial charge in [-0.15, -0.1) is 0 Å². The van der Waals surface area contributed by atoms with E-state index in [0.717, 1.165) is 16.6 Å². The number of nitrogens with zero attached hydrogens (tertiary/aromatic N) is 2. The Hall–Kier alpha value is -2.42. The highest BCUT2D eigenvalue weighted by atomic mass is 16.2. The van der Waals surface area contributed by atoms with Crippen LogP contribution in [0.4, 0.5) is 0 Å². The maximum absolute atomic E-state index is 12.9. The molecular weight excluding hydrogens is 248 g/mol. The number of benzene rings is 2. The third-order valence-corrected chi connectivity index (χ3v) is 3.70. The zero-order valence-corrected chi connectivity index (χ0v) is 11.6. The van der Waals surface area contributed by atoms with Crippen molar-refractivity contribution in [3.05, 3.63) is 66.5 Å². The lowest BCUT2D eigenvalue weighted by Crippen LogP contribution is -2.33. The topological polar surface area (TPSA) is 34.9 Å². The molecule has 0 bridgehead atoms. The second-order valence-electron chi connectivity index (χ2n) is 5.40. The van der Waals surface area contributed by atoms with Crippen molar-refractivity contribution in [3.8, 4) is 0 Å². The smallest absolute Gasteiger partial charge is 0.242 e. The molecule has 3 heteroatoms. The van der Waals surface area contributed by atoms with Crippen LogP contribution in [0.3, 0.4) is 0 Å². The zero-order valence-electron chi connectivity index (χ0n) is 11.6. The van der Waals surface area contributed by atoms with E-state index < -0.39 is 5.41 Å². The molecule has 0 unspecified atom stereocenters. The van der Waals surface area contributed by atoms with Crippen LogP contribution in [0.2, 0.25) is 0 Å². The first-order valence-corrected chi connectivity index (χ1v) is 6.63. The summed E-state index contributed by atoms with van der Waals surface area (Å²) in [5.74, 6) is 0.0254. The molecule has 0 saturated carbocycles. The van der Waals surface area contributed by atoms with Gasteiger partial charge in [-0.3, -0.25) is 9.36 Å². The molecule has 0 radical (unpaired) electrons. The van der Waals surface area contributed by atoms with E-state index in [0.29, 0.717) is 0 Å². The Morgan fingerprint density at radius 3 is 2.40 bits per heavy atom. The van der Waals surface area contributed by atoms with Crippen LogP contribution in [0.5, 0.6) is 0 Å². The number of para-hydroxylation sites is 2. The van der Waals surface area contributed by atoms with E-state index in [1.165, 1.54) is 0 Å². The van der Waals surface area contributed by atoms with Gasteiger partial charge in [0.1, 0.15) is 6.33 Å². The second-order valence-corrected chi connectivity index (χ2v) is 5.40. The second kappa shape index (κ2) is 4.60. The van der Waals surface area contributed by atoms with Gasteiger partial charge in [0.05, 0.1) is 16.4 Å². The maximum atomic E-state index is 12.9. The van der Waals surface area contributed by atoms with E-state index in [1.54, 1.807) is 10.9 Å². The number of imidazole rings is 1. The monoisotopic (exact) mass is 264 g/mol. The minimum atomic E-state index is -0.593. The molecule has 20 heavy (non-hydrogen) atoms. The summed E-state index contributed by atoms with van der Waals surface area (Å²) in [5, 5.41) is 0. The van der Waals surface area contributed by atoms with Crippen LogP contribution in [-0.4, -0.2) is 15.5 Å². The number of rotatable bonds is 2. The third kappa shape index (κ3) is 1.92. The van der Waals surface area contributed by atoms with Crippen LogP contribution in [0.25, 0.3) is 11.0 Å². The van der Waals surface area contributed by atoms with Gasteiger partial charge >= 0.3 is 0 Å². The van der Waals surface area contributed by atoms with Crippen molar-refractivity contribution in [2.24, 2.45) is 0 Å². The Labute approximate surface area is 117 Å². The standard InChI is InChI=1S/C17H16N2O/c1-17(2,13-8-4-3-5-9-13)16(20)19-12-18-14-10-6-7-11-15(14)19/h3-12H,1-2H3. The normalized spacial score (nSPS) is 11.7. The highest BCUT2D eigenvalue weighted by Crippen LogP contribution is 2.26. The molecule has 0 aliphatic heterocycles. The molecule has 0 amide bonds. The Bertz CT molecular complexity index is 757. The maximum Gasteiger partial charge on any atom is 0.242 e. The summed E-state index contributed by atoms with van der Waals surface area (Å²) in [5.41, 5.74) is 2.10. The van der Waals surface area contributed by atoms with Gasteiger partial charge in [-0.25, -0.2) is 4.98 Å². The number of hydrogen-bond donors (Lipinski definition) is 0.